The molecule has 0 heterocycles. The van der Waals surface area contributed by atoms with Crippen molar-refractivity contribution < 1.29 is 9.90 Å². The lowest BCUT2D eigenvalue weighted by Crippen LogP contribution is -2.47. The number of amides is 1. The van der Waals surface area contributed by atoms with Crippen molar-refractivity contribution in [2.45, 2.75) is 72.1 Å². The molecule has 0 aliphatic heterocycles. The second-order valence-electron chi connectivity index (χ2n) is 4.59. The van der Waals surface area contributed by atoms with Crippen molar-refractivity contribution >= 4 is 5.91 Å². The Hall–Kier alpha value is -0.570. The number of carbonyl (C=O) groups is 1. The van der Waals surface area contributed by atoms with Gasteiger partial charge >= 0.3 is 0 Å². The molecule has 3 heteroatoms. The van der Waals surface area contributed by atoms with Crippen molar-refractivity contribution in [3.63, 3.8) is 0 Å². The molecule has 0 bridgehead atoms. The van der Waals surface area contributed by atoms with E-state index in [1.807, 2.05) is 27.7 Å². The summed E-state index contributed by atoms with van der Waals surface area (Å²) >= 11 is 0. The molecule has 0 aliphatic rings. The maximum Gasteiger partial charge on any atom is 0.251 e. The first kappa shape index (κ1) is 14.4. The first-order valence-corrected chi connectivity index (χ1v) is 5.92. The monoisotopic (exact) mass is 215 g/mol. The Bertz CT molecular complexity index is 182. The van der Waals surface area contributed by atoms with Crippen molar-refractivity contribution in [1.29, 1.82) is 0 Å². The largest absolute Gasteiger partial charge is 0.383 e. The van der Waals surface area contributed by atoms with Gasteiger partial charge in [-0.05, 0) is 34.1 Å². The van der Waals surface area contributed by atoms with Gasteiger partial charge in [-0.1, -0.05) is 19.8 Å². The Kier molecular flexibility index (Phi) is 6.57. The molecule has 1 unspecified atom stereocenters. The van der Waals surface area contributed by atoms with Crippen LogP contribution in [0.3, 0.4) is 0 Å². The average molecular weight is 215 g/mol. The van der Waals surface area contributed by atoms with E-state index in [4.69, 9.17) is 0 Å². The third-order valence-electron chi connectivity index (χ3n) is 2.48. The molecule has 0 aromatic heterocycles. The van der Waals surface area contributed by atoms with E-state index in [0.717, 1.165) is 12.8 Å². The zero-order valence-corrected chi connectivity index (χ0v) is 10.7. The molecule has 0 aromatic rings. The van der Waals surface area contributed by atoms with Crippen LogP contribution < -0.4 is 0 Å². The second kappa shape index (κ2) is 6.83. The van der Waals surface area contributed by atoms with Gasteiger partial charge in [-0.25, -0.2) is 0 Å². The SMILES string of the molecule is CCCCC(O)C(=O)N(C(C)C)C(C)C. The van der Waals surface area contributed by atoms with E-state index in [9.17, 15) is 9.90 Å². The summed E-state index contributed by atoms with van der Waals surface area (Å²) in [5.41, 5.74) is 0. The lowest BCUT2D eigenvalue weighted by molar-refractivity contribution is -0.144. The van der Waals surface area contributed by atoms with Crippen molar-refractivity contribution in [3.8, 4) is 0 Å². The third-order valence-corrected chi connectivity index (χ3v) is 2.48. The van der Waals surface area contributed by atoms with Crippen LogP contribution in [0.4, 0.5) is 0 Å². The predicted molar refractivity (Wildman–Crippen MR) is 62.6 cm³/mol. The van der Waals surface area contributed by atoms with E-state index in [2.05, 4.69) is 6.92 Å². The molecule has 1 amide bonds. The quantitative estimate of drug-likeness (QED) is 0.737. The maximum absolute atomic E-state index is 11.9. The van der Waals surface area contributed by atoms with Gasteiger partial charge < -0.3 is 10.0 Å². The smallest absolute Gasteiger partial charge is 0.251 e. The number of aliphatic hydroxyl groups is 1. The van der Waals surface area contributed by atoms with Crippen LogP contribution in [-0.2, 0) is 4.79 Å². The Balaban J connectivity index is 4.36. The predicted octanol–water partition coefficient (Wildman–Crippen LogP) is 2.18. The van der Waals surface area contributed by atoms with Gasteiger partial charge in [0.2, 0.25) is 0 Å². The lowest BCUT2D eigenvalue weighted by Gasteiger charge is -2.32. The summed E-state index contributed by atoms with van der Waals surface area (Å²) in [6.45, 7) is 9.96. The fraction of sp³-hybridized carbons (Fsp3) is 0.917. The Morgan fingerprint density at radius 2 is 1.67 bits per heavy atom. The van der Waals surface area contributed by atoms with E-state index >= 15 is 0 Å². The number of aliphatic hydroxyl groups excluding tert-OH is 1. The molecule has 0 radical (unpaired) electrons. The summed E-state index contributed by atoms with van der Waals surface area (Å²) in [6, 6.07) is 0.294. The molecule has 0 saturated carbocycles. The summed E-state index contributed by atoms with van der Waals surface area (Å²) in [5.74, 6) is -0.131. The highest BCUT2D eigenvalue weighted by Crippen LogP contribution is 2.11. The van der Waals surface area contributed by atoms with E-state index in [1.54, 1.807) is 4.90 Å². The van der Waals surface area contributed by atoms with Crippen molar-refractivity contribution in [2.75, 3.05) is 0 Å². The van der Waals surface area contributed by atoms with Crippen LogP contribution in [0.1, 0.15) is 53.9 Å². The molecule has 0 fully saturated rings. The van der Waals surface area contributed by atoms with Crippen molar-refractivity contribution in [1.82, 2.24) is 4.90 Å². The van der Waals surface area contributed by atoms with Crippen LogP contribution in [-0.4, -0.2) is 34.1 Å². The molecular formula is C12H25NO2. The number of rotatable bonds is 6. The van der Waals surface area contributed by atoms with Crippen LogP contribution in [0.5, 0.6) is 0 Å². The molecule has 0 aromatic carbocycles. The Labute approximate surface area is 93.5 Å². The van der Waals surface area contributed by atoms with Gasteiger partial charge in [-0.15, -0.1) is 0 Å². The van der Waals surface area contributed by atoms with Crippen molar-refractivity contribution in [3.05, 3.63) is 0 Å². The summed E-state index contributed by atoms with van der Waals surface area (Å²) in [5, 5.41) is 9.73. The molecule has 90 valence electrons. The van der Waals surface area contributed by atoms with Gasteiger partial charge in [-0.3, -0.25) is 4.79 Å². The summed E-state index contributed by atoms with van der Waals surface area (Å²) in [4.78, 5) is 13.7. The maximum atomic E-state index is 11.9. The van der Waals surface area contributed by atoms with Crippen molar-refractivity contribution in [2.24, 2.45) is 0 Å². The molecule has 1 N–H and O–H groups in total. The van der Waals surface area contributed by atoms with E-state index in [0.29, 0.717) is 6.42 Å². The van der Waals surface area contributed by atoms with E-state index in [-0.39, 0.29) is 18.0 Å². The van der Waals surface area contributed by atoms with Gasteiger partial charge in [0.05, 0.1) is 0 Å². The summed E-state index contributed by atoms with van der Waals surface area (Å²) in [7, 11) is 0. The van der Waals surface area contributed by atoms with E-state index < -0.39 is 6.10 Å². The van der Waals surface area contributed by atoms with E-state index in [1.165, 1.54) is 0 Å². The highest BCUT2D eigenvalue weighted by molar-refractivity contribution is 5.81. The zero-order valence-electron chi connectivity index (χ0n) is 10.7. The van der Waals surface area contributed by atoms with Crippen LogP contribution in [0.2, 0.25) is 0 Å². The fourth-order valence-electron chi connectivity index (χ4n) is 1.80. The first-order chi connectivity index (χ1) is 6.91. The molecule has 15 heavy (non-hydrogen) atoms. The number of hydrogen-bond donors (Lipinski definition) is 1. The highest BCUT2D eigenvalue weighted by atomic mass is 16.3. The normalized spacial score (nSPS) is 13.3. The minimum atomic E-state index is -0.824. The van der Waals surface area contributed by atoms with Crippen LogP contribution in [0.25, 0.3) is 0 Å². The molecule has 1 atom stereocenters. The molecule has 0 spiro atoms. The summed E-state index contributed by atoms with van der Waals surface area (Å²) < 4.78 is 0. The Morgan fingerprint density at radius 3 is 2.00 bits per heavy atom. The minimum Gasteiger partial charge on any atom is -0.383 e. The third kappa shape index (κ3) is 4.65. The molecule has 0 aliphatic carbocycles. The lowest BCUT2D eigenvalue weighted by atomic mass is 10.1. The number of carbonyl (C=O) groups excluding carboxylic acids is 1. The minimum absolute atomic E-state index is 0.131. The molecule has 0 rings (SSSR count). The van der Waals surface area contributed by atoms with Gasteiger partial charge in [-0.2, -0.15) is 0 Å². The molecule has 3 nitrogen and oxygen atoms in total. The summed E-state index contributed by atoms with van der Waals surface area (Å²) in [6.07, 6.45) is 1.66. The van der Waals surface area contributed by atoms with Gasteiger partial charge in [0, 0.05) is 12.1 Å². The number of nitrogens with zero attached hydrogens (tertiary/aromatic N) is 1. The van der Waals surface area contributed by atoms with Crippen LogP contribution in [0.15, 0.2) is 0 Å². The zero-order chi connectivity index (χ0) is 12.0. The standard InChI is InChI=1S/C12H25NO2/c1-6-7-8-11(14)12(15)13(9(2)3)10(4)5/h9-11,14H,6-8H2,1-5H3. The highest BCUT2D eigenvalue weighted by Gasteiger charge is 2.25. The number of hydrogen-bond acceptors (Lipinski definition) is 2. The second-order valence-corrected chi connectivity index (χ2v) is 4.59. The van der Waals surface area contributed by atoms with Gasteiger partial charge in [0.1, 0.15) is 6.10 Å². The molecular weight excluding hydrogens is 190 g/mol. The van der Waals surface area contributed by atoms with Crippen LogP contribution >= 0.6 is 0 Å². The van der Waals surface area contributed by atoms with Gasteiger partial charge in [0.25, 0.3) is 5.91 Å². The average Bonchev–Trinajstić information content (AvgIpc) is 2.12. The topological polar surface area (TPSA) is 40.5 Å². The van der Waals surface area contributed by atoms with Crippen LogP contribution in [0, 0.1) is 0 Å². The van der Waals surface area contributed by atoms with Gasteiger partial charge in [0.15, 0.2) is 0 Å². The number of unbranched alkanes of at least 4 members (excludes halogenated alkanes) is 1. The Morgan fingerprint density at radius 1 is 1.20 bits per heavy atom. The first-order valence-electron chi connectivity index (χ1n) is 5.92. The molecule has 0 saturated heterocycles. The fourth-order valence-corrected chi connectivity index (χ4v) is 1.80.